The van der Waals surface area contributed by atoms with Crippen molar-refractivity contribution in [1.82, 2.24) is 15.3 Å². The molecule has 0 aromatic carbocycles. The molecule has 4 nitrogen and oxygen atoms in total. The van der Waals surface area contributed by atoms with Crippen LogP contribution in [0.15, 0.2) is 10.6 Å². The smallest absolute Gasteiger partial charge is 0.208 e. The molecule has 92 valence electrons. The van der Waals surface area contributed by atoms with E-state index in [-0.39, 0.29) is 6.04 Å². The highest BCUT2D eigenvalue weighted by molar-refractivity contribution is 7.11. The summed E-state index contributed by atoms with van der Waals surface area (Å²) in [7, 11) is 0. The van der Waals surface area contributed by atoms with E-state index >= 15 is 0 Å². The lowest BCUT2D eigenvalue weighted by atomic mass is 10.3. The Morgan fingerprint density at radius 1 is 1.41 bits per heavy atom. The SMILES string of the molecule is Cc1cnc(C(C)NCc2nc(C)c(C)o2)s1. The van der Waals surface area contributed by atoms with E-state index in [2.05, 4.69) is 29.1 Å². The first kappa shape index (κ1) is 12.3. The van der Waals surface area contributed by atoms with Crippen LogP contribution in [0.4, 0.5) is 0 Å². The van der Waals surface area contributed by atoms with Gasteiger partial charge in [0.15, 0.2) is 0 Å². The van der Waals surface area contributed by atoms with Crippen LogP contribution in [0.3, 0.4) is 0 Å². The lowest BCUT2D eigenvalue weighted by Crippen LogP contribution is -2.18. The third kappa shape index (κ3) is 2.92. The standard InChI is InChI=1S/C12H17N3OS/c1-7-5-14-12(17-7)9(3)13-6-11-15-8(2)10(4)16-11/h5,9,13H,6H2,1-4H3. The lowest BCUT2D eigenvalue weighted by Gasteiger charge is -2.08. The van der Waals surface area contributed by atoms with Gasteiger partial charge in [0.05, 0.1) is 18.3 Å². The molecule has 2 aromatic rings. The van der Waals surface area contributed by atoms with Crippen LogP contribution in [0.2, 0.25) is 0 Å². The first-order chi connectivity index (χ1) is 8.06. The summed E-state index contributed by atoms with van der Waals surface area (Å²) in [5.41, 5.74) is 0.958. The number of hydrogen-bond acceptors (Lipinski definition) is 5. The summed E-state index contributed by atoms with van der Waals surface area (Å²) in [5.74, 6) is 1.62. The number of oxazole rings is 1. The lowest BCUT2D eigenvalue weighted by molar-refractivity contribution is 0.431. The molecular weight excluding hydrogens is 234 g/mol. The minimum Gasteiger partial charge on any atom is -0.444 e. The molecule has 0 radical (unpaired) electrons. The Morgan fingerprint density at radius 3 is 2.71 bits per heavy atom. The monoisotopic (exact) mass is 251 g/mol. The van der Waals surface area contributed by atoms with E-state index in [1.807, 2.05) is 20.0 Å². The van der Waals surface area contributed by atoms with E-state index in [4.69, 9.17) is 4.42 Å². The van der Waals surface area contributed by atoms with Crippen LogP contribution in [0.5, 0.6) is 0 Å². The van der Waals surface area contributed by atoms with Crippen LogP contribution < -0.4 is 5.32 Å². The van der Waals surface area contributed by atoms with Gasteiger partial charge in [-0.15, -0.1) is 11.3 Å². The molecule has 17 heavy (non-hydrogen) atoms. The summed E-state index contributed by atoms with van der Waals surface area (Å²) in [5, 5.41) is 4.46. The van der Waals surface area contributed by atoms with Crippen molar-refractivity contribution in [2.75, 3.05) is 0 Å². The Hall–Kier alpha value is -1.20. The number of nitrogens with one attached hydrogen (secondary N) is 1. The van der Waals surface area contributed by atoms with E-state index in [1.165, 1.54) is 4.88 Å². The van der Waals surface area contributed by atoms with Gasteiger partial charge in [-0.25, -0.2) is 9.97 Å². The Morgan fingerprint density at radius 2 is 2.18 bits per heavy atom. The van der Waals surface area contributed by atoms with E-state index < -0.39 is 0 Å². The van der Waals surface area contributed by atoms with Gasteiger partial charge < -0.3 is 4.42 Å². The maximum absolute atomic E-state index is 5.52. The summed E-state index contributed by atoms with van der Waals surface area (Å²) in [6, 6.07) is 0.223. The number of nitrogens with zero attached hydrogens (tertiary/aromatic N) is 2. The second-order valence-electron chi connectivity index (χ2n) is 4.16. The molecule has 0 fully saturated rings. The van der Waals surface area contributed by atoms with Crippen molar-refractivity contribution in [3.05, 3.63) is 33.4 Å². The largest absolute Gasteiger partial charge is 0.444 e. The fourth-order valence-corrected chi connectivity index (χ4v) is 2.32. The highest BCUT2D eigenvalue weighted by Gasteiger charge is 2.11. The van der Waals surface area contributed by atoms with Crippen molar-refractivity contribution in [3.8, 4) is 0 Å². The van der Waals surface area contributed by atoms with E-state index in [1.54, 1.807) is 11.3 Å². The molecule has 0 saturated carbocycles. The number of hydrogen-bond donors (Lipinski definition) is 1. The topological polar surface area (TPSA) is 51.0 Å². The van der Waals surface area contributed by atoms with Gasteiger partial charge >= 0.3 is 0 Å². The minimum absolute atomic E-state index is 0.223. The molecular formula is C12H17N3OS. The number of thiazole rings is 1. The zero-order chi connectivity index (χ0) is 12.4. The molecule has 0 aliphatic carbocycles. The van der Waals surface area contributed by atoms with Gasteiger partial charge in [-0.05, 0) is 27.7 Å². The average Bonchev–Trinajstić information content (AvgIpc) is 2.83. The first-order valence-corrected chi connectivity index (χ1v) is 6.46. The Bertz CT molecular complexity index is 484. The molecule has 1 atom stereocenters. The van der Waals surface area contributed by atoms with Crippen LogP contribution in [0.25, 0.3) is 0 Å². The van der Waals surface area contributed by atoms with Gasteiger partial charge in [-0.3, -0.25) is 5.32 Å². The van der Waals surface area contributed by atoms with E-state index in [0.29, 0.717) is 6.54 Å². The van der Waals surface area contributed by atoms with Gasteiger partial charge in [-0.1, -0.05) is 0 Å². The fraction of sp³-hybridized carbons (Fsp3) is 0.500. The van der Waals surface area contributed by atoms with E-state index in [0.717, 1.165) is 22.4 Å². The van der Waals surface area contributed by atoms with Crippen LogP contribution >= 0.6 is 11.3 Å². The van der Waals surface area contributed by atoms with Gasteiger partial charge in [-0.2, -0.15) is 0 Å². The maximum atomic E-state index is 5.52. The van der Waals surface area contributed by atoms with Crippen molar-refractivity contribution in [1.29, 1.82) is 0 Å². The van der Waals surface area contributed by atoms with Crippen LogP contribution in [0, 0.1) is 20.8 Å². The second kappa shape index (κ2) is 4.98. The maximum Gasteiger partial charge on any atom is 0.208 e. The Labute approximate surface area is 105 Å². The summed E-state index contributed by atoms with van der Waals surface area (Å²) < 4.78 is 5.52. The molecule has 2 heterocycles. The van der Waals surface area contributed by atoms with Crippen LogP contribution in [0.1, 0.15) is 40.2 Å². The molecule has 0 saturated heterocycles. The molecule has 0 bridgehead atoms. The molecule has 2 aromatic heterocycles. The van der Waals surface area contributed by atoms with Crippen LogP contribution in [-0.4, -0.2) is 9.97 Å². The molecule has 0 aliphatic heterocycles. The van der Waals surface area contributed by atoms with Crippen molar-refractivity contribution in [2.24, 2.45) is 0 Å². The van der Waals surface area contributed by atoms with Gasteiger partial charge in [0.25, 0.3) is 0 Å². The number of rotatable bonds is 4. The molecule has 0 amide bonds. The fourth-order valence-electron chi connectivity index (χ4n) is 1.51. The highest BCUT2D eigenvalue weighted by Crippen LogP contribution is 2.19. The van der Waals surface area contributed by atoms with Crippen LogP contribution in [-0.2, 0) is 6.54 Å². The predicted octanol–water partition coefficient (Wildman–Crippen LogP) is 2.91. The van der Waals surface area contributed by atoms with E-state index in [9.17, 15) is 0 Å². The summed E-state index contributed by atoms with van der Waals surface area (Å²) in [4.78, 5) is 9.92. The molecule has 2 rings (SSSR count). The third-order valence-corrected chi connectivity index (χ3v) is 3.74. The molecule has 5 heteroatoms. The Kier molecular flexibility index (Phi) is 3.59. The summed E-state index contributed by atoms with van der Waals surface area (Å²) >= 11 is 1.71. The molecule has 1 unspecified atom stereocenters. The zero-order valence-electron chi connectivity index (χ0n) is 10.6. The van der Waals surface area contributed by atoms with Crippen molar-refractivity contribution >= 4 is 11.3 Å². The average molecular weight is 251 g/mol. The number of aryl methyl sites for hydroxylation is 3. The van der Waals surface area contributed by atoms with Gasteiger partial charge in [0.1, 0.15) is 10.8 Å². The summed E-state index contributed by atoms with van der Waals surface area (Å²) in [6.45, 7) is 8.68. The minimum atomic E-state index is 0.223. The summed E-state index contributed by atoms with van der Waals surface area (Å²) in [6.07, 6.45) is 1.90. The molecule has 1 N–H and O–H groups in total. The quantitative estimate of drug-likeness (QED) is 0.907. The normalized spacial score (nSPS) is 12.9. The Balaban J connectivity index is 1.94. The van der Waals surface area contributed by atoms with Crippen molar-refractivity contribution < 1.29 is 4.42 Å². The van der Waals surface area contributed by atoms with Gasteiger partial charge in [0.2, 0.25) is 5.89 Å². The van der Waals surface area contributed by atoms with Crippen molar-refractivity contribution in [3.63, 3.8) is 0 Å². The zero-order valence-corrected chi connectivity index (χ0v) is 11.4. The van der Waals surface area contributed by atoms with Crippen molar-refractivity contribution in [2.45, 2.75) is 40.3 Å². The highest BCUT2D eigenvalue weighted by atomic mass is 32.1. The second-order valence-corrected chi connectivity index (χ2v) is 5.43. The van der Waals surface area contributed by atoms with Gasteiger partial charge in [0, 0.05) is 11.1 Å². The predicted molar refractivity (Wildman–Crippen MR) is 68.1 cm³/mol. The first-order valence-electron chi connectivity index (χ1n) is 5.65. The number of aromatic nitrogens is 2. The molecule has 0 aliphatic rings. The molecule has 0 spiro atoms. The third-order valence-electron chi connectivity index (χ3n) is 2.64.